The number of aromatic hydroxyl groups is 1. The van der Waals surface area contributed by atoms with Crippen LogP contribution in [0.1, 0.15) is 52.7 Å². The van der Waals surface area contributed by atoms with Gasteiger partial charge in [-0.1, -0.05) is 53.7 Å². The van der Waals surface area contributed by atoms with E-state index in [0.717, 1.165) is 16.0 Å². The van der Waals surface area contributed by atoms with Gasteiger partial charge in [0.1, 0.15) is 5.75 Å². The molecule has 0 saturated carbocycles. The maximum Gasteiger partial charge on any atom is 0.122 e. The van der Waals surface area contributed by atoms with Gasteiger partial charge in [0, 0.05) is 0 Å². The van der Waals surface area contributed by atoms with E-state index < -0.39 is 0 Å². The van der Waals surface area contributed by atoms with Gasteiger partial charge in [0.2, 0.25) is 0 Å². The molecule has 0 saturated heterocycles. The van der Waals surface area contributed by atoms with Crippen LogP contribution in [0.4, 0.5) is 0 Å². The second-order valence-corrected chi connectivity index (χ2v) is 6.84. The molecule has 0 bridgehead atoms. The van der Waals surface area contributed by atoms with E-state index in [1.165, 1.54) is 0 Å². The molecule has 2 heteroatoms. The number of phenols is 1. The molecular formula is C14H21OS-. The summed E-state index contributed by atoms with van der Waals surface area (Å²) in [6, 6.07) is 3.81. The topological polar surface area (TPSA) is 20.2 Å². The van der Waals surface area contributed by atoms with E-state index in [9.17, 15) is 5.11 Å². The van der Waals surface area contributed by atoms with Crippen LogP contribution in [-0.2, 0) is 23.5 Å². The molecule has 0 aliphatic rings. The number of hydrogen-bond acceptors (Lipinski definition) is 2. The zero-order valence-corrected chi connectivity index (χ0v) is 11.8. The minimum atomic E-state index is -0.0844. The van der Waals surface area contributed by atoms with Crippen LogP contribution in [0.5, 0.6) is 5.75 Å². The number of benzene rings is 1. The normalized spacial score (nSPS) is 12.9. The van der Waals surface area contributed by atoms with Crippen LogP contribution in [0.3, 0.4) is 0 Å². The molecule has 0 amide bonds. The largest absolute Gasteiger partial charge is 0.780 e. The summed E-state index contributed by atoms with van der Waals surface area (Å²) in [7, 11) is 0. The van der Waals surface area contributed by atoms with E-state index in [1.807, 2.05) is 12.1 Å². The van der Waals surface area contributed by atoms with Gasteiger partial charge in [0.05, 0.1) is 0 Å². The molecule has 0 fully saturated rings. The van der Waals surface area contributed by atoms with Crippen molar-refractivity contribution >= 4 is 12.6 Å². The molecule has 1 aromatic rings. The highest BCUT2D eigenvalue weighted by Gasteiger charge is 2.24. The van der Waals surface area contributed by atoms with Crippen molar-refractivity contribution in [2.75, 3.05) is 0 Å². The van der Waals surface area contributed by atoms with Crippen molar-refractivity contribution in [1.82, 2.24) is 0 Å². The van der Waals surface area contributed by atoms with Crippen molar-refractivity contribution in [2.24, 2.45) is 0 Å². The Morgan fingerprint density at radius 3 is 1.44 bits per heavy atom. The van der Waals surface area contributed by atoms with Crippen LogP contribution in [0.15, 0.2) is 17.0 Å². The summed E-state index contributed by atoms with van der Waals surface area (Å²) in [5.41, 5.74) is 1.70. The monoisotopic (exact) mass is 237 g/mol. The highest BCUT2D eigenvalue weighted by Crippen LogP contribution is 2.39. The first kappa shape index (κ1) is 13.3. The molecular weight excluding hydrogens is 216 g/mol. The summed E-state index contributed by atoms with van der Waals surface area (Å²) in [6.07, 6.45) is 0. The summed E-state index contributed by atoms with van der Waals surface area (Å²) in [6.45, 7) is 12.5. The van der Waals surface area contributed by atoms with E-state index in [4.69, 9.17) is 12.6 Å². The highest BCUT2D eigenvalue weighted by atomic mass is 32.1. The molecule has 0 aliphatic carbocycles. The van der Waals surface area contributed by atoms with Gasteiger partial charge in [-0.05, 0) is 22.0 Å². The van der Waals surface area contributed by atoms with E-state index in [0.29, 0.717) is 5.75 Å². The van der Waals surface area contributed by atoms with Gasteiger partial charge in [0.25, 0.3) is 0 Å². The van der Waals surface area contributed by atoms with Crippen molar-refractivity contribution in [2.45, 2.75) is 57.3 Å². The van der Waals surface area contributed by atoms with E-state index in [1.54, 1.807) is 0 Å². The van der Waals surface area contributed by atoms with Crippen LogP contribution >= 0.6 is 0 Å². The van der Waals surface area contributed by atoms with Crippen LogP contribution in [0, 0.1) is 0 Å². The van der Waals surface area contributed by atoms with Crippen LogP contribution in [0.25, 0.3) is 0 Å². The van der Waals surface area contributed by atoms with Crippen molar-refractivity contribution in [3.05, 3.63) is 23.3 Å². The zero-order valence-electron chi connectivity index (χ0n) is 11.0. The van der Waals surface area contributed by atoms with Gasteiger partial charge in [-0.3, -0.25) is 0 Å². The van der Waals surface area contributed by atoms with Gasteiger partial charge in [0.15, 0.2) is 0 Å². The second-order valence-electron chi connectivity index (χ2n) is 6.37. The Balaban J connectivity index is 3.51. The van der Waals surface area contributed by atoms with E-state index in [-0.39, 0.29) is 10.8 Å². The molecule has 0 unspecified atom stereocenters. The standard InChI is InChI=1S/C14H22OS/c1-13(2,3)10-7-9(16)8-11(12(10)15)14(4,5)6/h7-8,15-16H,1-6H3/p-1. The third-order valence-corrected chi connectivity index (χ3v) is 2.94. The summed E-state index contributed by atoms with van der Waals surface area (Å²) in [5.74, 6) is 0.397. The lowest BCUT2D eigenvalue weighted by Gasteiger charge is -2.29. The molecule has 0 heterocycles. The van der Waals surface area contributed by atoms with Crippen LogP contribution < -0.4 is 0 Å². The summed E-state index contributed by atoms with van der Waals surface area (Å²) in [5, 5.41) is 10.3. The predicted molar refractivity (Wildman–Crippen MR) is 71.1 cm³/mol. The third-order valence-electron chi connectivity index (χ3n) is 2.70. The second kappa shape index (κ2) is 3.92. The lowest BCUT2D eigenvalue weighted by molar-refractivity contribution is 0.422. The number of rotatable bonds is 0. The molecule has 1 nitrogen and oxygen atoms in total. The molecule has 1 aromatic carbocycles. The molecule has 1 N–H and O–H groups in total. The minimum absolute atomic E-state index is 0.0844. The van der Waals surface area contributed by atoms with Crippen molar-refractivity contribution in [1.29, 1.82) is 0 Å². The first-order valence-corrected chi connectivity index (χ1v) is 5.99. The fourth-order valence-electron chi connectivity index (χ4n) is 1.75. The molecule has 0 aliphatic heterocycles. The Morgan fingerprint density at radius 1 is 0.875 bits per heavy atom. The van der Waals surface area contributed by atoms with Crippen molar-refractivity contribution < 1.29 is 5.11 Å². The fourth-order valence-corrected chi connectivity index (χ4v) is 1.99. The van der Waals surface area contributed by atoms with E-state index in [2.05, 4.69) is 41.5 Å². The lowest BCUT2D eigenvalue weighted by Crippen LogP contribution is -2.17. The van der Waals surface area contributed by atoms with Gasteiger partial charge in [-0.25, -0.2) is 0 Å². The maximum atomic E-state index is 10.3. The molecule has 90 valence electrons. The smallest absolute Gasteiger partial charge is 0.122 e. The van der Waals surface area contributed by atoms with Crippen LogP contribution in [-0.4, -0.2) is 5.11 Å². The van der Waals surface area contributed by atoms with Crippen molar-refractivity contribution in [3.63, 3.8) is 0 Å². The molecule has 0 spiro atoms. The van der Waals surface area contributed by atoms with E-state index >= 15 is 0 Å². The molecule has 0 atom stereocenters. The molecule has 0 aromatic heterocycles. The van der Waals surface area contributed by atoms with Gasteiger partial charge >= 0.3 is 0 Å². The average molecular weight is 237 g/mol. The Bertz CT molecular complexity index is 359. The SMILES string of the molecule is CC(C)(C)c1cc([S-])cc(C(C)(C)C)c1O. The Kier molecular flexibility index (Phi) is 3.26. The maximum absolute atomic E-state index is 10.3. The fraction of sp³-hybridized carbons (Fsp3) is 0.571. The average Bonchev–Trinajstić information content (AvgIpc) is 2.04. The Hall–Kier alpha value is -0.760. The minimum Gasteiger partial charge on any atom is -0.780 e. The van der Waals surface area contributed by atoms with Crippen LogP contribution in [0.2, 0.25) is 0 Å². The quantitative estimate of drug-likeness (QED) is 0.691. The Morgan fingerprint density at radius 2 is 1.19 bits per heavy atom. The highest BCUT2D eigenvalue weighted by molar-refractivity contribution is 7.58. The third kappa shape index (κ3) is 2.67. The summed E-state index contributed by atoms with van der Waals surface area (Å²) < 4.78 is 0. The summed E-state index contributed by atoms with van der Waals surface area (Å²) >= 11 is 5.27. The Labute approximate surface area is 104 Å². The molecule has 16 heavy (non-hydrogen) atoms. The predicted octanol–water partition coefficient (Wildman–Crippen LogP) is 3.89. The number of phenolic OH excluding ortho intramolecular Hbond substituents is 1. The van der Waals surface area contributed by atoms with Gasteiger partial charge < -0.3 is 17.7 Å². The lowest BCUT2D eigenvalue weighted by atomic mass is 9.79. The first-order valence-electron chi connectivity index (χ1n) is 5.58. The molecule has 0 radical (unpaired) electrons. The summed E-state index contributed by atoms with van der Waals surface area (Å²) in [4.78, 5) is 0.799. The first-order chi connectivity index (χ1) is 7.03. The molecule has 1 rings (SSSR count). The number of hydrogen-bond donors (Lipinski definition) is 1. The van der Waals surface area contributed by atoms with Gasteiger partial charge in [-0.2, -0.15) is 4.90 Å². The van der Waals surface area contributed by atoms with Crippen molar-refractivity contribution in [3.8, 4) is 5.75 Å². The van der Waals surface area contributed by atoms with Gasteiger partial charge in [-0.15, -0.1) is 0 Å². The zero-order chi connectivity index (χ0) is 12.7.